The molecule has 0 N–H and O–H groups in total. The van der Waals surface area contributed by atoms with Crippen molar-refractivity contribution in [2.24, 2.45) is 7.05 Å². The zero-order chi connectivity index (χ0) is 16.9. The van der Waals surface area contributed by atoms with Gasteiger partial charge < -0.3 is 9.30 Å². The molecule has 3 rings (SSSR count). The summed E-state index contributed by atoms with van der Waals surface area (Å²) in [5.41, 5.74) is 2.05. The lowest BCUT2D eigenvalue weighted by Crippen LogP contribution is -2.19. The molecular weight excluding hydrogens is 302 g/mol. The summed E-state index contributed by atoms with van der Waals surface area (Å²) in [7, 11) is 5.72. The molecule has 6 nitrogen and oxygen atoms in total. The Morgan fingerprint density at radius 3 is 2.33 bits per heavy atom. The average Bonchev–Trinajstić information content (AvgIpc) is 3.00. The SMILES string of the molecule is COc1ccc(-c2ncc(CN(C)Cc3nccn3C)cn2)cc1. The number of nitrogens with zero attached hydrogens (tertiary/aromatic N) is 5. The summed E-state index contributed by atoms with van der Waals surface area (Å²) < 4.78 is 7.19. The van der Waals surface area contributed by atoms with Crippen LogP contribution in [0.25, 0.3) is 11.4 Å². The van der Waals surface area contributed by atoms with Crippen molar-refractivity contribution in [1.29, 1.82) is 0 Å². The average molecular weight is 323 g/mol. The van der Waals surface area contributed by atoms with Gasteiger partial charge >= 0.3 is 0 Å². The van der Waals surface area contributed by atoms with Crippen LogP contribution in [0.3, 0.4) is 0 Å². The van der Waals surface area contributed by atoms with E-state index in [2.05, 4.69) is 26.9 Å². The van der Waals surface area contributed by atoms with Crippen molar-refractivity contribution in [3.63, 3.8) is 0 Å². The Kier molecular flexibility index (Phi) is 4.86. The third kappa shape index (κ3) is 3.78. The molecule has 1 aromatic carbocycles. The summed E-state index contributed by atoms with van der Waals surface area (Å²) in [6.45, 7) is 1.56. The molecule has 124 valence electrons. The molecule has 0 radical (unpaired) electrons. The van der Waals surface area contributed by atoms with Crippen LogP contribution >= 0.6 is 0 Å². The van der Waals surface area contributed by atoms with E-state index in [0.29, 0.717) is 5.82 Å². The lowest BCUT2D eigenvalue weighted by atomic mass is 10.2. The quantitative estimate of drug-likeness (QED) is 0.698. The Morgan fingerprint density at radius 2 is 1.75 bits per heavy atom. The molecule has 2 heterocycles. The van der Waals surface area contributed by atoms with E-state index in [4.69, 9.17) is 4.74 Å². The van der Waals surface area contributed by atoms with E-state index >= 15 is 0 Å². The Bertz CT molecular complexity index is 780. The zero-order valence-corrected chi connectivity index (χ0v) is 14.2. The molecule has 0 bridgehead atoms. The van der Waals surface area contributed by atoms with Gasteiger partial charge in [0, 0.05) is 49.5 Å². The van der Waals surface area contributed by atoms with Gasteiger partial charge in [0.1, 0.15) is 11.6 Å². The van der Waals surface area contributed by atoms with Crippen LogP contribution in [-0.4, -0.2) is 38.6 Å². The Hall–Kier alpha value is -2.73. The van der Waals surface area contributed by atoms with E-state index in [1.807, 2.05) is 60.7 Å². The van der Waals surface area contributed by atoms with Gasteiger partial charge in [-0.1, -0.05) is 0 Å². The first-order valence-electron chi connectivity index (χ1n) is 7.76. The van der Waals surface area contributed by atoms with Crippen LogP contribution in [-0.2, 0) is 20.1 Å². The molecule has 0 aliphatic heterocycles. The van der Waals surface area contributed by atoms with Crippen molar-refractivity contribution in [3.05, 3.63) is 60.4 Å². The van der Waals surface area contributed by atoms with Gasteiger partial charge in [-0.05, 0) is 31.3 Å². The highest BCUT2D eigenvalue weighted by Gasteiger charge is 2.07. The van der Waals surface area contributed by atoms with Crippen LogP contribution in [0.2, 0.25) is 0 Å². The van der Waals surface area contributed by atoms with Gasteiger partial charge in [0.25, 0.3) is 0 Å². The minimum Gasteiger partial charge on any atom is -0.497 e. The van der Waals surface area contributed by atoms with Crippen LogP contribution in [0.15, 0.2) is 49.1 Å². The maximum atomic E-state index is 5.17. The molecule has 24 heavy (non-hydrogen) atoms. The predicted molar refractivity (Wildman–Crippen MR) is 92.4 cm³/mol. The van der Waals surface area contributed by atoms with Crippen molar-refractivity contribution in [2.75, 3.05) is 14.2 Å². The summed E-state index contributed by atoms with van der Waals surface area (Å²) in [4.78, 5) is 15.5. The van der Waals surface area contributed by atoms with E-state index in [1.54, 1.807) is 7.11 Å². The Balaban J connectivity index is 1.64. The molecule has 0 unspecified atom stereocenters. The van der Waals surface area contributed by atoms with Gasteiger partial charge in [-0.15, -0.1) is 0 Å². The highest BCUT2D eigenvalue weighted by molar-refractivity contribution is 5.55. The third-order valence-electron chi connectivity index (χ3n) is 3.84. The van der Waals surface area contributed by atoms with E-state index in [-0.39, 0.29) is 0 Å². The second-order valence-corrected chi connectivity index (χ2v) is 5.77. The lowest BCUT2D eigenvalue weighted by Gasteiger charge is -2.16. The summed E-state index contributed by atoms with van der Waals surface area (Å²) in [6.07, 6.45) is 7.52. The molecule has 2 aromatic heterocycles. The number of methoxy groups -OCH3 is 1. The molecule has 0 saturated carbocycles. The van der Waals surface area contributed by atoms with Crippen LogP contribution in [0.5, 0.6) is 5.75 Å². The van der Waals surface area contributed by atoms with Crippen molar-refractivity contribution in [1.82, 2.24) is 24.4 Å². The zero-order valence-electron chi connectivity index (χ0n) is 14.2. The normalized spacial score (nSPS) is 11.0. The van der Waals surface area contributed by atoms with Crippen molar-refractivity contribution in [3.8, 4) is 17.1 Å². The van der Waals surface area contributed by atoms with Gasteiger partial charge in [-0.25, -0.2) is 15.0 Å². The fraction of sp³-hybridized carbons (Fsp3) is 0.278. The van der Waals surface area contributed by atoms with Crippen molar-refractivity contribution in [2.45, 2.75) is 13.1 Å². The minimum absolute atomic E-state index is 0.716. The molecule has 0 aliphatic rings. The number of ether oxygens (including phenoxy) is 1. The summed E-state index contributed by atoms with van der Waals surface area (Å²) in [5.74, 6) is 2.58. The first-order valence-corrected chi connectivity index (χ1v) is 7.76. The number of aromatic nitrogens is 4. The third-order valence-corrected chi connectivity index (χ3v) is 3.84. The maximum Gasteiger partial charge on any atom is 0.159 e. The summed E-state index contributed by atoms with van der Waals surface area (Å²) in [5, 5.41) is 0. The number of rotatable bonds is 6. The minimum atomic E-state index is 0.716. The highest BCUT2D eigenvalue weighted by atomic mass is 16.5. The number of aryl methyl sites for hydroxylation is 1. The second-order valence-electron chi connectivity index (χ2n) is 5.77. The van der Waals surface area contributed by atoms with Crippen LogP contribution in [0.1, 0.15) is 11.4 Å². The van der Waals surface area contributed by atoms with E-state index in [9.17, 15) is 0 Å². The molecule has 0 spiro atoms. The highest BCUT2D eigenvalue weighted by Crippen LogP contribution is 2.19. The first-order chi connectivity index (χ1) is 11.7. The second kappa shape index (κ2) is 7.23. The Labute approximate surface area is 141 Å². The molecule has 0 amide bonds. The Morgan fingerprint density at radius 1 is 1.04 bits per heavy atom. The van der Waals surface area contributed by atoms with Crippen LogP contribution < -0.4 is 4.74 Å². The van der Waals surface area contributed by atoms with Gasteiger partial charge in [0.05, 0.1) is 13.7 Å². The number of hydrogen-bond donors (Lipinski definition) is 0. The van der Waals surface area contributed by atoms with Crippen LogP contribution in [0.4, 0.5) is 0 Å². The van der Waals surface area contributed by atoms with Gasteiger partial charge in [0.2, 0.25) is 0 Å². The van der Waals surface area contributed by atoms with E-state index in [0.717, 1.165) is 35.8 Å². The standard InChI is InChI=1S/C18H21N5O/c1-22(13-17-19-8-9-23(17)2)12-14-10-20-18(21-11-14)15-4-6-16(24-3)7-5-15/h4-11H,12-13H2,1-3H3. The first kappa shape index (κ1) is 16.1. The van der Waals surface area contributed by atoms with Gasteiger partial charge in [0.15, 0.2) is 5.82 Å². The largest absolute Gasteiger partial charge is 0.497 e. The predicted octanol–water partition coefficient (Wildman–Crippen LogP) is 2.52. The van der Waals surface area contributed by atoms with Crippen LogP contribution in [0, 0.1) is 0 Å². The number of hydrogen-bond acceptors (Lipinski definition) is 5. The summed E-state index contributed by atoms with van der Waals surface area (Å²) >= 11 is 0. The number of benzene rings is 1. The maximum absolute atomic E-state index is 5.17. The molecule has 0 fully saturated rings. The van der Waals surface area contributed by atoms with Gasteiger partial charge in [-0.2, -0.15) is 0 Å². The van der Waals surface area contributed by atoms with E-state index in [1.165, 1.54) is 0 Å². The molecule has 0 atom stereocenters. The molecular formula is C18H21N5O. The smallest absolute Gasteiger partial charge is 0.159 e. The number of imidazole rings is 1. The van der Waals surface area contributed by atoms with Crippen molar-refractivity contribution < 1.29 is 4.74 Å². The fourth-order valence-electron chi connectivity index (χ4n) is 2.48. The molecule has 3 aromatic rings. The monoisotopic (exact) mass is 323 g/mol. The molecule has 6 heteroatoms. The lowest BCUT2D eigenvalue weighted by molar-refractivity contribution is 0.306. The van der Waals surface area contributed by atoms with Crippen molar-refractivity contribution >= 4 is 0 Å². The summed E-state index contributed by atoms with van der Waals surface area (Å²) in [6, 6.07) is 7.74. The molecule has 0 saturated heterocycles. The topological polar surface area (TPSA) is 56.1 Å². The fourth-order valence-corrected chi connectivity index (χ4v) is 2.48. The van der Waals surface area contributed by atoms with E-state index < -0.39 is 0 Å². The molecule has 0 aliphatic carbocycles. The van der Waals surface area contributed by atoms with Gasteiger partial charge in [-0.3, -0.25) is 4.90 Å².